The Balaban J connectivity index is 1.83. The summed E-state index contributed by atoms with van der Waals surface area (Å²) in [6.07, 6.45) is 5.37. The van der Waals surface area contributed by atoms with Gasteiger partial charge in [0.25, 0.3) is 5.91 Å². The van der Waals surface area contributed by atoms with Gasteiger partial charge in [-0.15, -0.1) is 0 Å². The van der Waals surface area contributed by atoms with Gasteiger partial charge >= 0.3 is 0 Å². The van der Waals surface area contributed by atoms with Crippen molar-refractivity contribution in [3.05, 3.63) is 29.8 Å². The van der Waals surface area contributed by atoms with Gasteiger partial charge in [-0.25, -0.2) is 9.97 Å². The summed E-state index contributed by atoms with van der Waals surface area (Å²) >= 11 is 0. The van der Waals surface area contributed by atoms with E-state index in [0.717, 1.165) is 36.8 Å². The van der Waals surface area contributed by atoms with Crippen LogP contribution in [0.4, 0.5) is 5.82 Å². The van der Waals surface area contributed by atoms with E-state index in [9.17, 15) is 4.79 Å². The normalized spacial score (nSPS) is 15.2. The second-order valence-electron chi connectivity index (χ2n) is 7.93. The van der Waals surface area contributed by atoms with Crippen LogP contribution in [0.25, 0.3) is 22.2 Å². The summed E-state index contributed by atoms with van der Waals surface area (Å²) in [6.45, 7) is 5.08. The maximum absolute atomic E-state index is 13.1. The van der Waals surface area contributed by atoms with Gasteiger partial charge in [0.2, 0.25) is 0 Å². The number of aryl methyl sites for hydroxylation is 1. The first-order valence-electron chi connectivity index (χ1n) is 9.90. The fourth-order valence-electron chi connectivity index (χ4n) is 3.88. The van der Waals surface area contributed by atoms with Crippen LogP contribution in [-0.2, 0) is 6.54 Å². The second-order valence-corrected chi connectivity index (χ2v) is 7.93. The van der Waals surface area contributed by atoms with Gasteiger partial charge in [-0.05, 0) is 37.3 Å². The van der Waals surface area contributed by atoms with Gasteiger partial charge in [0.1, 0.15) is 16.9 Å². The average Bonchev–Trinajstić information content (AvgIpc) is 3.23. The Labute approximate surface area is 159 Å². The van der Waals surface area contributed by atoms with Crippen LogP contribution in [-0.4, -0.2) is 26.5 Å². The summed E-state index contributed by atoms with van der Waals surface area (Å²) in [7, 11) is 0. The summed E-state index contributed by atoms with van der Waals surface area (Å²) in [5.41, 5.74) is 9.83. The molecule has 1 aliphatic rings. The highest BCUT2D eigenvalue weighted by atomic mass is 16.1. The van der Waals surface area contributed by atoms with E-state index in [2.05, 4.69) is 19.2 Å². The van der Waals surface area contributed by atoms with Gasteiger partial charge in [-0.2, -0.15) is 0 Å². The molecule has 0 bridgehead atoms. The van der Waals surface area contributed by atoms with E-state index in [1.807, 2.05) is 28.8 Å². The molecule has 0 saturated heterocycles. The Morgan fingerprint density at radius 3 is 2.56 bits per heavy atom. The Kier molecular flexibility index (Phi) is 4.72. The first-order chi connectivity index (χ1) is 13.0. The Morgan fingerprint density at radius 1 is 1.22 bits per heavy atom. The Bertz CT molecular complexity index is 985. The number of hydrogen-bond donors (Lipinski definition) is 2. The summed E-state index contributed by atoms with van der Waals surface area (Å²) in [5, 5.41) is 3.15. The van der Waals surface area contributed by atoms with Crippen LogP contribution >= 0.6 is 0 Å². The number of nitrogens with zero attached hydrogens (tertiary/aromatic N) is 3. The Morgan fingerprint density at radius 2 is 1.89 bits per heavy atom. The topological polar surface area (TPSA) is 85.8 Å². The number of para-hydroxylation sites is 2. The van der Waals surface area contributed by atoms with E-state index in [1.165, 1.54) is 12.8 Å². The van der Waals surface area contributed by atoms with Crippen molar-refractivity contribution in [2.45, 2.75) is 58.5 Å². The molecule has 1 fully saturated rings. The number of hydrogen-bond acceptors (Lipinski definition) is 4. The van der Waals surface area contributed by atoms with Crippen LogP contribution in [0, 0.1) is 5.92 Å². The zero-order valence-electron chi connectivity index (χ0n) is 16.0. The molecule has 0 unspecified atom stereocenters. The highest BCUT2D eigenvalue weighted by Crippen LogP contribution is 2.29. The molecular weight excluding hydrogens is 338 g/mol. The highest BCUT2D eigenvalue weighted by Gasteiger charge is 2.26. The third-order valence-electron chi connectivity index (χ3n) is 5.44. The van der Waals surface area contributed by atoms with Crippen molar-refractivity contribution >= 4 is 33.9 Å². The lowest BCUT2D eigenvalue weighted by molar-refractivity contribution is 0.0940. The number of anilines is 1. The molecule has 0 radical (unpaired) electrons. The highest BCUT2D eigenvalue weighted by molar-refractivity contribution is 6.10. The number of carbonyl (C=O) groups excluding carboxylic acids is 1. The minimum atomic E-state index is -0.128. The molecule has 0 aliphatic heterocycles. The minimum absolute atomic E-state index is 0.128. The van der Waals surface area contributed by atoms with E-state index in [4.69, 9.17) is 15.7 Å². The molecule has 2 heterocycles. The molecule has 0 spiro atoms. The molecule has 1 aliphatic carbocycles. The van der Waals surface area contributed by atoms with E-state index in [0.29, 0.717) is 28.5 Å². The van der Waals surface area contributed by atoms with Crippen molar-refractivity contribution in [1.82, 2.24) is 19.9 Å². The van der Waals surface area contributed by atoms with Crippen molar-refractivity contribution in [1.29, 1.82) is 0 Å². The summed E-state index contributed by atoms with van der Waals surface area (Å²) in [6, 6.07) is 7.97. The quantitative estimate of drug-likeness (QED) is 0.718. The second kappa shape index (κ2) is 7.18. The van der Waals surface area contributed by atoms with Crippen molar-refractivity contribution in [2.75, 3.05) is 5.73 Å². The van der Waals surface area contributed by atoms with Crippen molar-refractivity contribution in [3.63, 3.8) is 0 Å². The molecular formula is C21H27N5O. The first-order valence-corrected chi connectivity index (χ1v) is 9.90. The van der Waals surface area contributed by atoms with Gasteiger partial charge in [0.15, 0.2) is 5.65 Å². The maximum Gasteiger partial charge on any atom is 0.257 e. The van der Waals surface area contributed by atoms with Gasteiger partial charge in [-0.1, -0.05) is 38.8 Å². The largest absolute Gasteiger partial charge is 0.384 e. The Hall–Kier alpha value is -2.63. The summed E-state index contributed by atoms with van der Waals surface area (Å²) in [5.74, 6) is 0.875. The maximum atomic E-state index is 13.1. The van der Waals surface area contributed by atoms with Crippen molar-refractivity contribution < 1.29 is 4.79 Å². The molecule has 6 heteroatoms. The lowest BCUT2D eigenvalue weighted by Crippen LogP contribution is -2.33. The average molecular weight is 365 g/mol. The molecule has 27 heavy (non-hydrogen) atoms. The number of fused-ring (bicyclic) bond motifs is 2. The third kappa shape index (κ3) is 3.36. The number of aromatic nitrogens is 3. The van der Waals surface area contributed by atoms with E-state index in [-0.39, 0.29) is 11.9 Å². The number of nitrogen functional groups attached to an aromatic ring is 1. The predicted octanol–water partition coefficient (Wildman–Crippen LogP) is 3.89. The zero-order valence-corrected chi connectivity index (χ0v) is 16.0. The van der Waals surface area contributed by atoms with Crippen LogP contribution in [0.1, 0.15) is 56.3 Å². The molecule has 4 rings (SSSR count). The zero-order chi connectivity index (χ0) is 19.0. The minimum Gasteiger partial charge on any atom is -0.384 e. The predicted molar refractivity (Wildman–Crippen MR) is 109 cm³/mol. The molecule has 3 N–H and O–H groups in total. The number of benzene rings is 1. The molecule has 0 atom stereocenters. The fourth-order valence-corrected chi connectivity index (χ4v) is 3.88. The third-order valence-corrected chi connectivity index (χ3v) is 5.44. The van der Waals surface area contributed by atoms with Gasteiger partial charge < -0.3 is 15.6 Å². The lowest BCUT2D eigenvalue weighted by Gasteiger charge is -2.12. The number of carbonyl (C=O) groups is 1. The van der Waals surface area contributed by atoms with Crippen LogP contribution in [0.5, 0.6) is 0 Å². The number of amides is 1. The van der Waals surface area contributed by atoms with Gasteiger partial charge in [0, 0.05) is 12.6 Å². The molecule has 2 aromatic heterocycles. The smallest absolute Gasteiger partial charge is 0.257 e. The molecule has 1 aromatic carbocycles. The lowest BCUT2D eigenvalue weighted by atomic mass is 10.1. The first kappa shape index (κ1) is 17.8. The van der Waals surface area contributed by atoms with Crippen LogP contribution in [0.15, 0.2) is 24.3 Å². The van der Waals surface area contributed by atoms with Crippen molar-refractivity contribution in [3.8, 4) is 0 Å². The van der Waals surface area contributed by atoms with E-state index < -0.39 is 0 Å². The standard InChI is InChI=1S/C21H27N5O/c1-13(2)11-12-26-19(22)17(21(27)23-14-7-3-4-8-14)18-20(26)25-16-10-6-5-9-15(16)24-18/h5-6,9-10,13-14H,3-4,7-8,11-12,22H2,1-2H3,(H,23,27). The van der Waals surface area contributed by atoms with Crippen LogP contribution < -0.4 is 11.1 Å². The van der Waals surface area contributed by atoms with Crippen LogP contribution in [0.2, 0.25) is 0 Å². The van der Waals surface area contributed by atoms with E-state index in [1.54, 1.807) is 0 Å². The molecule has 3 aromatic rings. The number of nitrogens with one attached hydrogen (secondary N) is 1. The molecule has 6 nitrogen and oxygen atoms in total. The fraction of sp³-hybridized carbons (Fsp3) is 0.476. The summed E-state index contributed by atoms with van der Waals surface area (Å²) in [4.78, 5) is 22.6. The molecule has 142 valence electrons. The van der Waals surface area contributed by atoms with Gasteiger partial charge in [0.05, 0.1) is 11.0 Å². The number of rotatable bonds is 5. The van der Waals surface area contributed by atoms with Crippen LogP contribution in [0.3, 0.4) is 0 Å². The number of nitrogens with two attached hydrogens (primary N) is 1. The monoisotopic (exact) mass is 365 g/mol. The SMILES string of the molecule is CC(C)CCn1c(N)c(C(=O)NC2CCCC2)c2nc3ccccc3nc21. The van der Waals surface area contributed by atoms with Gasteiger partial charge in [-0.3, -0.25) is 4.79 Å². The van der Waals surface area contributed by atoms with E-state index >= 15 is 0 Å². The molecule has 1 amide bonds. The molecule has 1 saturated carbocycles. The van der Waals surface area contributed by atoms with Crippen molar-refractivity contribution in [2.24, 2.45) is 5.92 Å². The summed E-state index contributed by atoms with van der Waals surface area (Å²) < 4.78 is 1.96.